The van der Waals surface area contributed by atoms with Crippen molar-refractivity contribution in [3.8, 4) is 0 Å². The van der Waals surface area contributed by atoms with Gasteiger partial charge in [-0.15, -0.1) is 0 Å². The van der Waals surface area contributed by atoms with Crippen LogP contribution in [0.15, 0.2) is 28.9 Å². The quantitative estimate of drug-likeness (QED) is 0.564. The minimum Gasteiger partial charge on any atom is -0.262 e. The molecule has 0 aliphatic heterocycles. The van der Waals surface area contributed by atoms with E-state index in [1.165, 1.54) is 5.57 Å². The van der Waals surface area contributed by atoms with Crippen LogP contribution in [0.2, 0.25) is 0 Å². The lowest BCUT2D eigenvalue weighted by molar-refractivity contribution is 0.804. The van der Waals surface area contributed by atoms with Gasteiger partial charge in [0.2, 0.25) is 0 Å². The van der Waals surface area contributed by atoms with Crippen LogP contribution in [-0.2, 0) is 0 Å². The molecule has 0 saturated heterocycles. The molecule has 1 nitrogen and oxygen atoms in total. The zero-order chi connectivity index (χ0) is 9.56. The standard InChI is InChI=1S/C11H19N/c1-6-10(5)12-8-11(7-2)9(3)4/h7-9H,5-6H2,1-4H3/b11-7+,12-8-. The summed E-state index contributed by atoms with van der Waals surface area (Å²) in [6, 6.07) is 0. The number of aliphatic imine (C=N–C) groups is 1. The van der Waals surface area contributed by atoms with Crippen LogP contribution in [-0.4, -0.2) is 6.21 Å². The molecule has 0 fully saturated rings. The average molecular weight is 165 g/mol. The first-order valence-corrected chi connectivity index (χ1v) is 4.49. The van der Waals surface area contributed by atoms with Gasteiger partial charge >= 0.3 is 0 Å². The predicted octanol–water partition coefficient (Wildman–Crippen LogP) is 3.58. The van der Waals surface area contributed by atoms with Gasteiger partial charge in [0, 0.05) is 11.9 Å². The highest BCUT2D eigenvalue weighted by molar-refractivity contribution is 5.79. The molecule has 12 heavy (non-hydrogen) atoms. The normalized spacial score (nSPS) is 12.9. The van der Waals surface area contributed by atoms with Crippen LogP contribution >= 0.6 is 0 Å². The van der Waals surface area contributed by atoms with E-state index >= 15 is 0 Å². The Morgan fingerprint density at radius 1 is 1.50 bits per heavy atom. The highest BCUT2D eigenvalue weighted by atomic mass is 14.7. The predicted molar refractivity (Wildman–Crippen MR) is 56.5 cm³/mol. The van der Waals surface area contributed by atoms with E-state index in [1.54, 1.807) is 0 Å². The van der Waals surface area contributed by atoms with Crippen LogP contribution in [0.25, 0.3) is 0 Å². The van der Waals surface area contributed by atoms with Crippen molar-refractivity contribution in [2.75, 3.05) is 0 Å². The Kier molecular flexibility index (Phi) is 5.35. The van der Waals surface area contributed by atoms with Gasteiger partial charge in [-0.25, -0.2) is 0 Å². The Morgan fingerprint density at radius 3 is 2.42 bits per heavy atom. The van der Waals surface area contributed by atoms with Crippen molar-refractivity contribution in [2.45, 2.75) is 34.1 Å². The van der Waals surface area contributed by atoms with Gasteiger partial charge < -0.3 is 0 Å². The first-order chi connectivity index (χ1) is 5.61. The van der Waals surface area contributed by atoms with E-state index in [0.717, 1.165) is 12.1 Å². The molecule has 0 aromatic rings. The third-order valence-corrected chi connectivity index (χ3v) is 1.80. The van der Waals surface area contributed by atoms with Crippen molar-refractivity contribution in [1.29, 1.82) is 0 Å². The lowest BCUT2D eigenvalue weighted by atomic mass is 10.0. The Morgan fingerprint density at radius 2 is 2.08 bits per heavy atom. The van der Waals surface area contributed by atoms with E-state index in [1.807, 2.05) is 13.1 Å². The summed E-state index contributed by atoms with van der Waals surface area (Å²) >= 11 is 0. The maximum absolute atomic E-state index is 4.25. The number of hydrogen-bond donors (Lipinski definition) is 0. The molecule has 0 spiro atoms. The largest absolute Gasteiger partial charge is 0.262 e. The molecule has 0 aliphatic rings. The molecule has 0 saturated carbocycles. The van der Waals surface area contributed by atoms with Crippen molar-refractivity contribution in [3.05, 3.63) is 23.9 Å². The van der Waals surface area contributed by atoms with E-state index in [2.05, 4.69) is 38.4 Å². The molecule has 0 aliphatic carbocycles. The van der Waals surface area contributed by atoms with E-state index < -0.39 is 0 Å². The van der Waals surface area contributed by atoms with Crippen LogP contribution in [0.5, 0.6) is 0 Å². The summed E-state index contributed by atoms with van der Waals surface area (Å²) in [7, 11) is 0. The lowest BCUT2D eigenvalue weighted by Gasteiger charge is -2.03. The Labute approximate surface area is 75.9 Å². The number of hydrogen-bond acceptors (Lipinski definition) is 1. The van der Waals surface area contributed by atoms with Crippen molar-refractivity contribution in [3.63, 3.8) is 0 Å². The molecular formula is C11H19N. The fourth-order valence-corrected chi connectivity index (χ4v) is 0.814. The molecule has 0 unspecified atom stereocenters. The van der Waals surface area contributed by atoms with Crippen LogP contribution in [0.4, 0.5) is 0 Å². The zero-order valence-corrected chi connectivity index (χ0v) is 8.59. The molecule has 0 aromatic carbocycles. The van der Waals surface area contributed by atoms with Crippen molar-refractivity contribution < 1.29 is 0 Å². The third kappa shape index (κ3) is 4.12. The molecule has 0 heterocycles. The maximum Gasteiger partial charge on any atom is 0.0329 e. The van der Waals surface area contributed by atoms with Gasteiger partial charge in [0.25, 0.3) is 0 Å². The highest BCUT2D eigenvalue weighted by Gasteiger charge is 1.97. The van der Waals surface area contributed by atoms with Gasteiger partial charge in [-0.1, -0.05) is 33.4 Å². The summed E-state index contributed by atoms with van der Waals surface area (Å²) in [5.74, 6) is 0.545. The van der Waals surface area contributed by atoms with E-state index in [0.29, 0.717) is 5.92 Å². The minimum atomic E-state index is 0.545. The maximum atomic E-state index is 4.25. The molecule has 0 radical (unpaired) electrons. The second-order valence-corrected chi connectivity index (χ2v) is 3.12. The highest BCUT2D eigenvalue weighted by Crippen LogP contribution is 2.07. The summed E-state index contributed by atoms with van der Waals surface area (Å²) in [5.41, 5.74) is 2.21. The Balaban J connectivity index is 4.22. The summed E-state index contributed by atoms with van der Waals surface area (Å²) in [6.45, 7) is 12.2. The van der Waals surface area contributed by atoms with Crippen molar-refractivity contribution >= 4 is 6.21 Å². The summed E-state index contributed by atoms with van der Waals surface area (Å²) in [6.07, 6.45) is 4.93. The van der Waals surface area contributed by atoms with Crippen molar-refractivity contribution in [1.82, 2.24) is 0 Å². The van der Waals surface area contributed by atoms with Gasteiger partial charge in [0.1, 0.15) is 0 Å². The van der Waals surface area contributed by atoms with E-state index in [4.69, 9.17) is 0 Å². The van der Waals surface area contributed by atoms with Gasteiger partial charge in [-0.3, -0.25) is 4.99 Å². The smallest absolute Gasteiger partial charge is 0.0329 e. The monoisotopic (exact) mass is 165 g/mol. The second kappa shape index (κ2) is 5.76. The average Bonchev–Trinajstić information content (AvgIpc) is 2.04. The second-order valence-electron chi connectivity index (χ2n) is 3.12. The third-order valence-electron chi connectivity index (χ3n) is 1.80. The minimum absolute atomic E-state index is 0.545. The van der Waals surface area contributed by atoms with Gasteiger partial charge in [0.15, 0.2) is 0 Å². The molecule has 0 bridgehead atoms. The number of nitrogens with zero attached hydrogens (tertiary/aromatic N) is 1. The molecular weight excluding hydrogens is 146 g/mol. The summed E-state index contributed by atoms with van der Waals surface area (Å²) in [4.78, 5) is 4.25. The number of rotatable bonds is 4. The number of allylic oxidation sites excluding steroid dienone is 3. The van der Waals surface area contributed by atoms with E-state index in [9.17, 15) is 0 Å². The van der Waals surface area contributed by atoms with Gasteiger partial charge in [-0.05, 0) is 24.8 Å². The zero-order valence-electron chi connectivity index (χ0n) is 8.59. The molecule has 0 N–H and O–H groups in total. The molecule has 0 amide bonds. The van der Waals surface area contributed by atoms with Crippen LogP contribution < -0.4 is 0 Å². The van der Waals surface area contributed by atoms with Crippen molar-refractivity contribution in [2.24, 2.45) is 10.9 Å². The van der Waals surface area contributed by atoms with Crippen LogP contribution in [0, 0.1) is 5.92 Å². The lowest BCUT2D eigenvalue weighted by Crippen LogP contribution is -1.94. The Bertz CT molecular complexity index is 197. The molecule has 68 valence electrons. The fraction of sp³-hybridized carbons (Fsp3) is 0.545. The summed E-state index contributed by atoms with van der Waals surface area (Å²) in [5, 5.41) is 0. The Hall–Kier alpha value is -0.850. The molecule has 1 heteroatoms. The van der Waals surface area contributed by atoms with Crippen LogP contribution in [0.1, 0.15) is 34.1 Å². The molecule has 0 rings (SSSR count). The molecule has 0 aromatic heterocycles. The van der Waals surface area contributed by atoms with Gasteiger partial charge in [0.05, 0.1) is 0 Å². The van der Waals surface area contributed by atoms with Gasteiger partial charge in [-0.2, -0.15) is 0 Å². The first-order valence-electron chi connectivity index (χ1n) is 4.49. The summed E-state index contributed by atoms with van der Waals surface area (Å²) < 4.78 is 0. The SMILES string of the molecule is C=C(CC)/N=C\C(=C/C)C(C)C. The fourth-order valence-electron chi connectivity index (χ4n) is 0.814. The topological polar surface area (TPSA) is 12.4 Å². The molecule has 0 atom stereocenters. The van der Waals surface area contributed by atoms with Crippen LogP contribution in [0.3, 0.4) is 0 Å². The van der Waals surface area contributed by atoms with E-state index in [-0.39, 0.29) is 0 Å². The first kappa shape index (κ1) is 11.2.